The molecule has 0 aliphatic heterocycles. The number of hydrogen-bond donors (Lipinski definition) is 2. The standard InChI is InChI=1S/C19H26N4O2S/c1-4-20-19(22-13-18(24)21-12-16-6-5-11-25-16)23(2)14-15-7-9-17(26-3)10-8-15/h5-11H,4,12-14H2,1-3H3,(H,20,22)(H,21,24). The Morgan fingerprint density at radius 3 is 2.62 bits per heavy atom. The Hall–Kier alpha value is -2.41. The van der Waals surface area contributed by atoms with Crippen molar-refractivity contribution in [1.29, 1.82) is 0 Å². The van der Waals surface area contributed by atoms with E-state index in [4.69, 9.17) is 4.42 Å². The van der Waals surface area contributed by atoms with Crippen molar-refractivity contribution in [2.24, 2.45) is 4.99 Å². The second kappa shape index (κ2) is 10.6. The van der Waals surface area contributed by atoms with E-state index in [-0.39, 0.29) is 12.5 Å². The normalized spacial score (nSPS) is 11.3. The molecule has 1 aromatic heterocycles. The molecule has 26 heavy (non-hydrogen) atoms. The van der Waals surface area contributed by atoms with Crippen LogP contribution in [0.1, 0.15) is 18.2 Å². The fourth-order valence-corrected chi connectivity index (χ4v) is 2.76. The molecule has 2 N–H and O–H groups in total. The largest absolute Gasteiger partial charge is 0.467 e. The van der Waals surface area contributed by atoms with E-state index in [2.05, 4.69) is 46.1 Å². The van der Waals surface area contributed by atoms with Crippen molar-refractivity contribution in [3.05, 3.63) is 54.0 Å². The number of benzene rings is 1. The third-order valence-corrected chi connectivity index (χ3v) is 4.43. The third-order valence-electron chi connectivity index (χ3n) is 3.69. The van der Waals surface area contributed by atoms with Gasteiger partial charge in [0.2, 0.25) is 5.91 Å². The Kier molecular flexibility index (Phi) is 8.08. The van der Waals surface area contributed by atoms with Gasteiger partial charge in [-0.25, -0.2) is 4.99 Å². The summed E-state index contributed by atoms with van der Waals surface area (Å²) in [6.07, 6.45) is 3.65. The summed E-state index contributed by atoms with van der Waals surface area (Å²) < 4.78 is 5.20. The fraction of sp³-hybridized carbons (Fsp3) is 0.368. The van der Waals surface area contributed by atoms with Crippen molar-refractivity contribution >= 4 is 23.6 Å². The summed E-state index contributed by atoms with van der Waals surface area (Å²) in [6.45, 7) is 3.90. The number of guanidine groups is 1. The highest BCUT2D eigenvalue weighted by atomic mass is 32.2. The second-order valence-electron chi connectivity index (χ2n) is 5.73. The third kappa shape index (κ3) is 6.48. The Balaban J connectivity index is 1.89. The lowest BCUT2D eigenvalue weighted by molar-refractivity contribution is -0.119. The number of amides is 1. The van der Waals surface area contributed by atoms with Crippen molar-refractivity contribution in [2.75, 3.05) is 26.4 Å². The number of nitrogens with one attached hydrogen (secondary N) is 2. The van der Waals surface area contributed by atoms with Gasteiger partial charge >= 0.3 is 0 Å². The zero-order valence-corrected chi connectivity index (χ0v) is 16.3. The summed E-state index contributed by atoms with van der Waals surface area (Å²) in [5, 5.41) is 6.02. The van der Waals surface area contributed by atoms with E-state index in [0.717, 1.165) is 12.3 Å². The summed E-state index contributed by atoms with van der Waals surface area (Å²) in [5.74, 6) is 1.28. The lowest BCUT2D eigenvalue weighted by Gasteiger charge is -2.22. The molecular weight excluding hydrogens is 348 g/mol. The first-order valence-electron chi connectivity index (χ1n) is 8.53. The van der Waals surface area contributed by atoms with Crippen LogP contribution in [-0.4, -0.2) is 43.2 Å². The fourth-order valence-electron chi connectivity index (χ4n) is 2.35. The van der Waals surface area contributed by atoms with Crippen LogP contribution in [0.25, 0.3) is 0 Å². The van der Waals surface area contributed by atoms with E-state index < -0.39 is 0 Å². The van der Waals surface area contributed by atoms with Gasteiger partial charge in [-0.05, 0) is 43.0 Å². The van der Waals surface area contributed by atoms with Crippen molar-refractivity contribution in [3.63, 3.8) is 0 Å². The number of hydrogen-bond acceptors (Lipinski definition) is 4. The van der Waals surface area contributed by atoms with Crippen LogP contribution in [0, 0.1) is 0 Å². The van der Waals surface area contributed by atoms with E-state index in [0.29, 0.717) is 19.0 Å². The first-order chi connectivity index (χ1) is 12.6. The van der Waals surface area contributed by atoms with Crippen LogP contribution in [-0.2, 0) is 17.9 Å². The smallest absolute Gasteiger partial charge is 0.242 e. The van der Waals surface area contributed by atoms with Gasteiger partial charge in [0, 0.05) is 25.0 Å². The maximum atomic E-state index is 12.0. The van der Waals surface area contributed by atoms with Crippen LogP contribution in [0.5, 0.6) is 0 Å². The summed E-state index contributed by atoms with van der Waals surface area (Å²) in [6, 6.07) is 12.1. The Labute approximate surface area is 159 Å². The molecule has 7 heteroatoms. The van der Waals surface area contributed by atoms with Gasteiger partial charge in [-0.1, -0.05) is 12.1 Å². The van der Waals surface area contributed by atoms with Crippen LogP contribution in [0.15, 0.2) is 57.0 Å². The molecule has 0 saturated carbocycles. The molecular formula is C19H26N4O2S. The van der Waals surface area contributed by atoms with Gasteiger partial charge in [-0.3, -0.25) is 4.79 Å². The minimum absolute atomic E-state index is 0.0682. The summed E-state index contributed by atoms with van der Waals surface area (Å²) in [7, 11) is 1.96. The predicted octanol–water partition coefficient (Wildman–Crippen LogP) is 2.72. The van der Waals surface area contributed by atoms with Gasteiger partial charge in [0.1, 0.15) is 12.3 Å². The number of thioether (sulfide) groups is 1. The van der Waals surface area contributed by atoms with Crippen molar-refractivity contribution in [1.82, 2.24) is 15.5 Å². The van der Waals surface area contributed by atoms with Crippen LogP contribution in [0.3, 0.4) is 0 Å². The van der Waals surface area contributed by atoms with E-state index >= 15 is 0 Å². The van der Waals surface area contributed by atoms with E-state index in [1.807, 2.05) is 24.9 Å². The molecule has 1 aromatic carbocycles. The lowest BCUT2D eigenvalue weighted by atomic mass is 10.2. The molecule has 6 nitrogen and oxygen atoms in total. The molecule has 0 aliphatic rings. The minimum atomic E-state index is -0.144. The van der Waals surface area contributed by atoms with E-state index in [1.54, 1.807) is 24.1 Å². The van der Waals surface area contributed by atoms with Gasteiger partial charge in [-0.15, -0.1) is 11.8 Å². The highest BCUT2D eigenvalue weighted by molar-refractivity contribution is 7.98. The molecule has 0 saturated heterocycles. The Morgan fingerprint density at radius 2 is 2.00 bits per heavy atom. The number of carbonyl (C=O) groups excluding carboxylic acids is 1. The molecule has 0 fully saturated rings. The monoisotopic (exact) mass is 374 g/mol. The Bertz CT molecular complexity index is 699. The maximum Gasteiger partial charge on any atom is 0.242 e. The molecule has 0 aliphatic carbocycles. The number of carbonyl (C=O) groups is 1. The number of furan rings is 1. The Morgan fingerprint density at radius 1 is 1.23 bits per heavy atom. The van der Waals surface area contributed by atoms with Gasteiger partial charge < -0.3 is 20.0 Å². The molecule has 0 unspecified atom stereocenters. The van der Waals surface area contributed by atoms with Crippen LogP contribution < -0.4 is 10.6 Å². The molecule has 1 heterocycles. The summed E-state index contributed by atoms with van der Waals surface area (Å²) in [5.41, 5.74) is 1.19. The molecule has 0 radical (unpaired) electrons. The van der Waals surface area contributed by atoms with Crippen molar-refractivity contribution in [3.8, 4) is 0 Å². The lowest BCUT2D eigenvalue weighted by Crippen LogP contribution is -2.39. The second-order valence-corrected chi connectivity index (χ2v) is 6.61. The van der Waals surface area contributed by atoms with Gasteiger partial charge in [0.05, 0.1) is 12.8 Å². The van der Waals surface area contributed by atoms with Gasteiger partial charge in [0.15, 0.2) is 5.96 Å². The summed E-state index contributed by atoms with van der Waals surface area (Å²) >= 11 is 1.72. The molecule has 0 bridgehead atoms. The van der Waals surface area contributed by atoms with Crippen LogP contribution >= 0.6 is 11.8 Å². The van der Waals surface area contributed by atoms with Crippen LogP contribution in [0.4, 0.5) is 0 Å². The number of aliphatic imine (C=N–C) groups is 1. The first-order valence-corrected chi connectivity index (χ1v) is 9.76. The topological polar surface area (TPSA) is 69.9 Å². The zero-order valence-electron chi connectivity index (χ0n) is 15.5. The molecule has 1 amide bonds. The molecule has 140 valence electrons. The number of rotatable bonds is 8. The van der Waals surface area contributed by atoms with Gasteiger partial charge in [0.25, 0.3) is 0 Å². The highest BCUT2D eigenvalue weighted by Crippen LogP contribution is 2.15. The maximum absolute atomic E-state index is 12.0. The van der Waals surface area contributed by atoms with Crippen molar-refractivity contribution in [2.45, 2.75) is 24.9 Å². The highest BCUT2D eigenvalue weighted by Gasteiger charge is 2.08. The zero-order chi connectivity index (χ0) is 18.8. The van der Waals surface area contributed by atoms with Gasteiger partial charge in [-0.2, -0.15) is 0 Å². The van der Waals surface area contributed by atoms with Crippen molar-refractivity contribution < 1.29 is 9.21 Å². The van der Waals surface area contributed by atoms with Crippen LogP contribution in [0.2, 0.25) is 0 Å². The first kappa shape index (κ1) is 19.9. The molecule has 0 spiro atoms. The SMILES string of the molecule is CCNC(=NCC(=O)NCc1ccco1)N(C)Cc1ccc(SC)cc1. The average Bonchev–Trinajstić information content (AvgIpc) is 3.17. The predicted molar refractivity (Wildman–Crippen MR) is 106 cm³/mol. The minimum Gasteiger partial charge on any atom is -0.467 e. The molecule has 2 aromatic rings. The number of nitrogens with zero attached hydrogens (tertiary/aromatic N) is 2. The van der Waals surface area contributed by atoms with E-state index in [9.17, 15) is 4.79 Å². The van der Waals surface area contributed by atoms with E-state index in [1.165, 1.54) is 10.5 Å². The summed E-state index contributed by atoms with van der Waals surface area (Å²) in [4.78, 5) is 19.7. The molecule has 2 rings (SSSR count). The quantitative estimate of drug-likeness (QED) is 0.422. The average molecular weight is 375 g/mol. The molecule has 0 atom stereocenters.